The van der Waals surface area contributed by atoms with Crippen LogP contribution in [-0.4, -0.2) is 28.6 Å². The van der Waals surface area contributed by atoms with Gasteiger partial charge in [-0.25, -0.2) is 4.79 Å². The summed E-state index contributed by atoms with van der Waals surface area (Å²) in [6, 6.07) is 16.0. The van der Waals surface area contributed by atoms with Gasteiger partial charge in [0.2, 0.25) is 0 Å². The van der Waals surface area contributed by atoms with E-state index < -0.39 is 5.97 Å². The van der Waals surface area contributed by atoms with Crippen molar-refractivity contribution in [1.82, 2.24) is 4.90 Å². The number of hydrogen-bond acceptors (Lipinski definition) is 6. The first-order valence-electron chi connectivity index (χ1n) is 10.2. The zero-order valence-corrected chi connectivity index (χ0v) is 19.5. The Morgan fingerprint density at radius 2 is 1.94 bits per heavy atom. The van der Waals surface area contributed by atoms with Crippen LogP contribution in [-0.2, 0) is 16.1 Å². The Balaban J connectivity index is 1.55. The third-order valence-corrected chi connectivity index (χ3v) is 6.35. The fourth-order valence-corrected chi connectivity index (χ4v) is 4.37. The first-order valence-corrected chi connectivity index (χ1v) is 11.4. The lowest BCUT2D eigenvalue weighted by atomic mass is 10.1. The third-order valence-electron chi connectivity index (χ3n) is 5.11. The molecule has 1 aliphatic heterocycles. The summed E-state index contributed by atoms with van der Waals surface area (Å²) in [5.41, 5.74) is 2.81. The van der Waals surface area contributed by atoms with Crippen LogP contribution in [0.4, 0.5) is 4.79 Å². The van der Waals surface area contributed by atoms with Gasteiger partial charge in [0, 0.05) is 11.6 Å². The molecule has 2 aromatic carbocycles. The predicted molar refractivity (Wildman–Crippen MR) is 128 cm³/mol. The van der Waals surface area contributed by atoms with Crippen molar-refractivity contribution in [1.29, 1.82) is 0 Å². The van der Waals surface area contributed by atoms with Crippen LogP contribution in [0, 0.1) is 6.92 Å². The number of halogens is 1. The first kappa shape index (κ1) is 22.9. The summed E-state index contributed by atoms with van der Waals surface area (Å²) in [5.74, 6) is 0.0300. The van der Waals surface area contributed by atoms with Crippen molar-refractivity contribution in [2.75, 3.05) is 6.61 Å². The van der Waals surface area contributed by atoms with Gasteiger partial charge >= 0.3 is 5.97 Å². The molecule has 8 heteroatoms. The Bertz CT molecular complexity index is 1280. The summed E-state index contributed by atoms with van der Waals surface area (Å²) in [7, 11) is 0. The van der Waals surface area contributed by atoms with Gasteiger partial charge in [-0.3, -0.25) is 14.5 Å². The van der Waals surface area contributed by atoms with Crippen molar-refractivity contribution >= 4 is 46.6 Å². The van der Waals surface area contributed by atoms with Gasteiger partial charge < -0.3 is 9.15 Å². The van der Waals surface area contributed by atoms with Gasteiger partial charge in [0.15, 0.2) is 0 Å². The van der Waals surface area contributed by atoms with Crippen LogP contribution in [0.1, 0.15) is 34.2 Å². The Hall–Kier alpha value is -3.29. The molecule has 1 saturated heterocycles. The van der Waals surface area contributed by atoms with Crippen molar-refractivity contribution in [3.63, 3.8) is 0 Å². The Labute approximate surface area is 200 Å². The molecule has 168 valence electrons. The van der Waals surface area contributed by atoms with E-state index in [1.165, 1.54) is 4.90 Å². The van der Waals surface area contributed by atoms with E-state index in [9.17, 15) is 14.4 Å². The molecule has 6 nitrogen and oxygen atoms in total. The molecular formula is C25H20ClNO5S. The monoisotopic (exact) mass is 481 g/mol. The lowest BCUT2D eigenvalue weighted by Gasteiger charge is -2.14. The number of imide groups is 1. The van der Waals surface area contributed by atoms with E-state index in [-0.39, 0.29) is 39.8 Å². The van der Waals surface area contributed by atoms with E-state index in [0.717, 1.165) is 22.9 Å². The van der Waals surface area contributed by atoms with E-state index in [2.05, 4.69) is 0 Å². The molecule has 0 saturated carbocycles. The van der Waals surface area contributed by atoms with Crippen LogP contribution in [0.3, 0.4) is 0 Å². The van der Waals surface area contributed by atoms with Gasteiger partial charge in [-0.05, 0) is 67.1 Å². The number of thioether (sulfide) groups is 1. The van der Waals surface area contributed by atoms with Crippen LogP contribution in [0.5, 0.6) is 0 Å². The molecule has 0 bridgehead atoms. The highest BCUT2D eigenvalue weighted by Crippen LogP contribution is 2.35. The number of rotatable bonds is 6. The summed E-state index contributed by atoms with van der Waals surface area (Å²) in [6.45, 7) is 4.12. The van der Waals surface area contributed by atoms with E-state index in [0.29, 0.717) is 17.1 Å². The molecule has 0 radical (unpaired) electrons. The van der Waals surface area contributed by atoms with Crippen LogP contribution in [0.2, 0.25) is 5.02 Å². The van der Waals surface area contributed by atoms with E-state index in [1.54, 1.807) is 43.3 Å². The van der Waals surface area contributed by atoms with Crippen LogP contribution in [0.15, 0.2) is 63.9 Å². The number of carbonyl (C=O) groups excluding carboxylic acids is 3. The van der Waals surface area contributed by atoms with Crippen LogP contribution >= 0.6 is 23.4 Å². The highest BCUT2D eigenvalue weighted by molar-refractivity contribution is 8.18. The Kier molecular flexibility index (Phi) is 6.72. The maximum Gasteiger partial charge on any atom is 0.339 e. The number of aryl methyl sites for hydroxylation is 1. The molecule has 2 heterocycles. The minimum Gasteiger partial charge on any atom is -0.462 e. The zero-order chi connectivity index (χ0) is 23.5. The van der Waals surface area contributed by atoms with Crippen molar-refractivity contribution in [3.05, 3.63) is 87.0 Å². The fraction of sp³-hybridized carbons (Fsp3) is 0.160. The SMILES string of the molecule is CCOC(=O)c1cc(-c2ccc(/C=C3\SC(=O)N(Cc4ccccc4C)C3=O)o2)ccc1Cl. The van der Waals surface area contributed by atoms with Gasteiger partial charge in [-0.2, -0.15) is 0 Å². The number of furan rings is 1. The first-order chi connectivity index (χ1) is 15.9. The third kappa shape index (κ3) is 4.89. The highest BCUT2D eigenvalue weighted by Gasteiger charge is 2.35. The molecule has 2 amide bonds. The molecule has 0 unspecified atom stereocenters. The fourth-order valence-electron chi connectivity index (χ4n) is 3.35. The quantitative estimate of drug-likeness (QED) is 0.303. The number of esters is 1. The second-order valence-corrected chi connectivity index (χ2v) is 8.71. The number of amides is 2. The molecular weight excluding hydrogens is 462 g/mol. The van der Waals surface area contributed by atoms with Gasteiger partial charge in [0.25, 0.3) is 11.1 Å². The number of hydrogen-bond donors (Lipinski definition) is 0. The molecule has 0 N–H and O–H groups in total. The normalized spacial score (nSPS) is 14.9. The van der Waals surface area contributed by atoms with Crippen molar-refractivity contribution in [2.24, 2.45) is 0 Å². The van der Waals surface area contributed by atoms with Crippen LogP contribution in [0.25, 0.3) is 17.4 Å². The maximum absolute atomic E-state index is 12.8. The van der Waals surface area contributed by atoms with Crippen LogP contribution < -0.4 is 0 Å². The van der Waals surface area contributed by atoms with Gasteiger partial charge in [0.05, 0.1) is 28.6 Å². The number of ether oxygens (including phenoxy) is 1. The molecule has 1 aromatic heterocycles. The van der Waals surface area contributed by atoms with Crippen molar-refractivity contribution in [3.8, 4) is 11.3 Å². The largest absolute Gasteiger partial charge is 0.462 e. The summed E-state index contributed by atoms with van der Waals surface area (Å²) in [5, 5.41) is -0.0376. The van der Waals surface area contributed by atoms with Gasteiger partial charge in [-0.1, -0.05) is 35.9 Å². The maximum atomic E-state index is 12.8. The predicted octanol–water partition coefficient (Wildman–Crippen LogP) is 6.32. The van der Waals surface area contributed by atoms with E-state index in [4.69, 9.17) is 20.8 Å². The molecule has 0 spiro atoms. The summed E-state index contributed by atoms with van der Waals surface area (Å²) in [6.07, 6.45) is 1.55. The average molecular weight is 482 g/mol. The summed E-state index contributed by atoms with van der Waals surface area (Å²) >= 11 is 7.01. The average Bonchev–Trinajstić information content (AvgIpc) is 3.36. The minimum absolute atomic E-state index is 0.222. The van der Waals surface area contributed by atoms with Crippen molar-refractivity contribution < 1.29 is 23.5 Å². The second-order valence-electron chi connectivity index (χ2n) is 7.31. The number of carbonyl (C=O) groups is 3. The molecule has 4 rings (SSSR count). The highest BCUT2D eigenvalue weighted by atomic mass is 35.5. The number of nitrogens with zero attached hydrogens (tertiary/aromatic N) is 1. The van der Waals surface area contributed by atoms with Gasteiger partial charge in [-0.15, -0.1) is 0 Å². The molecule has 33 heavy (non-hydrogen) atoms. The molecule has 1 aliphatic rings. The number of benzene rings is 2. The van der Waals surface area contributed by atoms with E-state index in [1.807, 2.05) is 31.2 Å². The smallest absolute Gasteiger partial charge is 0.339 e. The Morgan fingerprint density at radius 1 is 1.15 bits per heavy atom. The standard InChI is InChI=1S/C25H20ClNO5S/c1-3-31-24(29)19-12-16(8-10-20(19)26)21-11-9-18(32-21)13-22-23(28)27(25(30)33-22)14-17-7-5-4-6-15(17)2/h4-13H,3,14H2,1-2H3/b22-13-. The van der Waals surface area contributed by atoms with Gasteiger partial charge in [0.1, 0.15) is 11.5 Å². The lowest BCUT2D eigenvalue weighted by molar-refractivity contribution is -0.123. The van der Waals surface area contributed by atoms with E-state index >= 15 is 0 Å². The Morgan fingerprint density at radius 3 is 2.70 bits per heavy atom. The summed E-state index contributed by atoms with van der Waals surface area (Å²) < 4.78 is 10.9. The van der Waals surface area contributed by atoms with Crippen molar-refractivity contribution in [2.45, 2.75) is 20.4 Å². The zero-order valence-electron chi connectivity index (χ0n) is 18.0. The minimum atomic E-state index is -0.515. The topological polar surface area (TPSA) is 76.8 Å². The molecule has 1 fully saturated rings. The lowest BCUT2D eigenvalue weighted by Crippen LogP contribution is -2.27. The molecule has 0 atom stereocenters. The molecule has 3 aromatic rings. The summed E-state index contributed by atoms with van der Waals surface area (Å²) in [4.78, 5) is 38.9. The molecule has 0 aliphatic carbocycles. The second kappa shape index (κ2) is 9.68.